The molecule has 0 saturated carbocycles. The van der Waals surface area contributed by atoms with Gasteiger partial charge in [-0.25, -0.2) is 0 Å². The summed E-state index contributed by atoms with van der Waals surface area (Å²) < 4.78 is -0.196. The summed E-state index contributed by atoms with van der Waals surface area (Å²) in [5.41, 5.74) is 0.00322. The van der Waals surface area contributed by atoms with Crippen LogP contribution >= 0.6 is 11.6 Å². The fourth-order valence-electron chi connectivity index (χ4n) is 2.59. The summed E-state index contributed by atoms with van der Waals surface area (Å²) in [6, 6.07) is 0. The van der Waals surface area contributed by atoms with Gasteiger partial charge in [0, 0.05) is 12.8 Å². The Morgan fingerprint density at radius 1 is 1.54 bits per heavy atom. The molecule has 4 heteroatoms. The first-order valence-corrected chi connectivity index (χ1v) is 5.10. The zero-order valence-electron chi connectivity index (χ0n) is 7.75. The fourth-order valence-corrected chi connectivity index (χ4v) is 2.92. The van der Waals surface area contributed by atoms with Gasteiger partial charge < -0.3 is 9.85 Å². The van der Waals surface area contributed by atoms with E-state index in [1.807, 2.05) is 0 Å². The van der Waals surface area contributed by atoms with Gasteiger partial charge in [-0.1, -0.05) is 6.92 Å². The second-order valence-corrected chi connectivity index (χ2v) is 5.07. The summed E-state index contributed by atoms with van der Waals surface area (Å²) in [7, 11) is 0. The fraction of sp³-hybridized carbons (Fsp3) is 0.889. The summed E-state index contributed by atoms with van der Waals surface area (Å²) >= 11 is 5.51. The number of halogens is 1. The number of quaternary nitrogens is 1. The molecule has 1 atom stereocenters. The highest BCUT2D eigenvalue weighted by molar-refractivity contribution is 6.64. The smallest absolute Gasteiger partial charge is 0.230 e. The van der Waals surface area contributed by atoms with Gasteiger partial charge in [0.2, 0.25) is 5.24 Å². The number of carbonyl (C=O) groups is 1. The lowest BCUT2D eigenvalue weighted by Crippen LogP contribution is -2.63. The van der Waals surface area contributed by atoms with Crippen LogP contribution in [0.5, 0.6) is 0 Å². The molecule has 0 N–H and O–H groups in total. The molecule has 3 aliphatic heterocycles. The van der Waals surface area contributed by atoms with Gasteiger partial charge >= 0.3 is 0 Å². The van der Waals surface area contributed by atoms with Crippen LogP contribution in [0.3, 0.4) is 0 Å². The lowest BCUT2D eigenvalue weighted by atomic mass is 9.66. The Balaban J connectivity index is 2.26. The van der Waals surface area contributed by atoms with Crippen LogP contribution in [0.1, 0.15) is 19.8 Å². The predicted molar refractivity (Wildman–Crippen MR) is 49.9 cm³/mol. The average molecular weight is 204 g/mol. The molecule has 1 unspecified atom stereocenters. The van der Waals surface area contributed by atoms with Crippen molar-refractivity contribution < 1.29 is 9.44 Å². The maximum atomic E-state index is 11.9. The Morgan fingerprint density at radius 2 is 2.08 bits per heavy atom. The van der Waals surface area contributed by atoms with E-state index < -0.39 is 0 Å². The molecular formula is C9H14ClNO2. The number of nitrogens with zero attached hydrogens (tertiary/aromatic N) is 1. The number of hydrogen-bond acceptors (Lipinski definition) is 2. The molecule has 2 bridgehead atoms. The third-order valence-electron chi connectivity index (χ3n) is 3.81. The van der Waals surface area contributed by atoms with Crippen molar-refractivity contribution in [1.82, 2.24) is 0 Å². The lowest BCUT2D eigenvalue weighted by Gasteiger charge is -2.59. The second-order valence-electron chi connectivity index (χ2n) is 4.70. The number of piperidine rings is 3. The van der Waals surface area contributed by atoms with Crippen molar-refractivity contribution >= 4 is 16.8 Å². The van der Waals surface area contributed by atoms with E-state index in [2.05, 4.69) is 6.92 Å². The third kappa shape index (κ3) is 1.39. The van der Waals surface area contributed by atoms with Crippen LogP contribution in [0, 0.1) is 16.5 Å². The van der Waals surface area contributed by atoms with Crippen molar-refractivity contribution in [3.05, 3.63) is 5.21 Å². The first-order chi connectivity index (χ1) is 5.95. The minimum Gasteiger partial charge on any atom is -0.633 e. The Labute approximate surface area is 82.8 Å². The second kappa shape index (κ2) is 2.69. The van der Waals surface area contributed by atoms with Crippen LogP contribution in [0.25, 0.3) is 0 Å². The zero-order valence-corrected chi connectivity index (χ0v) is 8.51. The molecule has 3 heterocycles. The van der Waals surface area contributed by atoms with Gasteiger partial charge in [0.05, 0.1) is 25.6 Å². The van der Waals surface area contributed by atoms with E-state index in [1.54, 1.807) is 0 Å². The van der Waals surface area contributed by atoms with Gasteiger partial charge in [-0.15, -0.1) is 0 Å². The van der Waals surface area contributed by atoms with E-state index in [1.165, 1.54) is 0 Å². The van der Waals surface area contributed by atoms with E-state index in [0.717, 1.165) is 12.8 Å². The molecule has 0 aromatic heterocycles. The maximum absolute atomic E-state index is 11.9. The normalized spacial score (nSPS) is 49.3. The number of carbonyl (C=O) groups excluding carboxylic acids is 1. The van der Waals surface area contributed by atoms with Crippen LogP contribution in [0.15, 0.2) is 0 Å². The molecule has 0 amide bonds. The first-order valence-electron chi connectivity index (χ1n) is 4.72. The summed E-state index contributed by atoms with van der Waals surface area (Å²) in [5.74, 6) is -0.214. The van der Waals surface area contributed by atoms with Crippen molar-refractivity contribution in [3.8, 4) is 0 Å². The van der Waals surface area contributed by atoms with Crippen molar-refractivity contribution in [1.29, 1.82) is 0 Å². The molecule has 0 aromatic rings. The predicted octanol–water partition coefficient (Wildman–Crippen LogP) is 1.50. The number of hydroxylamine groups is 3. The lowest BCUT2D eigenvalue weighted by molar-refractivity contribution is -0.903. The molecule has 74 valence electrons. The molecule has 0 spiro atoms. The van der Waals surface area contributed by atoms with E-state index >= 15 is 0 Å². The Hall–Kier alpha value is -0.120. The van der Waals surface area contributed by atoms with E-state index in [-0.39, 0.29) is 21.2 Å². The summed E-state index contributed by atoms with van der Waals surface area (Å²) in [4.78, 5) is 11.2. The van der Waals surface area contributed by atoms with Gasteiger partial charge in [-0.05, 0) is 17.0 Å². The first kappa shape index (κ1) is 9.44. The standard InChI is InChI=1S/C9H14ClNO2/c1-9-2-4-11(13,5-3-9)6-7(9)8(10)12/h7H,2-6H2,1H3. The Kier molecular flexibility index (Phi) is 1.95. The molecule has 3 rings (SSSR count). The molecule has 3 saturated heterocycles. The highest BCUT2D eigenvalue weighted by atomic mass is 35.5. The molecule has 13 heavy (non-hydrogen) atoms. The molecule has 0 radical (unpaired) electrons. The number of hydrogen-bond donors (Lipinski definition) is 0. The van der Waals surface area contributed by atoms with Crippen LogP contribution in [-0.4, -0.2) is 29.5 Å². The maximum Gasteiger partial charge on any atom is 0.230 e. The largest absolute Gasteiger partial charge is 0.633 e. The molecule has 0 aliphatic carbocycles. The van der Waals surface area contributed by atoms with Crippen molar-refractivity contribution in [2.45, 2.75) is 19.8 Å². The molecule has 3 nitrogen and oxygen atoms in total. The summed E-state index contributed by atoms with van der Waals surface area (Å²) in [5, 5.41) is 11.6. The molecule has 0 aromatic carbocycles. The van der Waals surface area contributed by atoms with E-state index in [4.69, 9.17) is 11.6 Å². The van der Waals surface area contributed by atoms with Crippen molar-refractivity contribution in [2.24, 2.45) is 11.3 Å². The SMILES string of the molecule is CC12CC[N+]([O-])(CC1)CC2C(=O)Cl. The van der Waals surface area contributed by atoms with Crippen molar-refractivity contribution in [2.75, 3.05) is 19.6 Å². The van der Waals surface area contributed by atoms with Crippen LogP contribution < -0.4 is 0 Å². The van der Waals surface area contributed by atoms with Gasteiger partial charge in [0.15, 0.2) is 0 Å². The topological polar surface area (TPSA) is 40.1 Å². The number of rotatable bonds is 1. The van der Waals surface area contributed by atoms with Crippen molar-refractivity contribution in [3.63, 3.8) is 0 Å². The monoisotopic (exact) mass is 203 g/mol. The highest BCUT2D eigenvalue weighted by Crippen LogP contribution is 2.47. The van der Waals surface area contributed by atoms with Gasteiger partial charge in [-0.3, -0.25) is 4.79 Å². The van der Waals surface area contributed by atoms with Crippen LogP contribution in [-0.2, 0) is 4.79 Å². The average Bonchev–Trinajstić information content (AvgIpc) is 2.07. The van der Waals surface area contributed by atoms with E-state index in [0.29, 0.717) is 19.6 Å². The summed E-state index contributed by atoms with van der Waals surface area (Å²) in [6.45, 7) is 3.81. The number of fused-ring (bicyclic) bond motifs is 3. The van der Waals surface area contributed by atoms with Gasteiger partial charge in [-0.2, -0.15) is 0 Å². The third-order valence-corrected chi connectivity index (χ3v) is 4.07. The summed E-state index contributed by atoms with van der Waals surface area (Å²) in [6.07, 6.45) is 1.69. The highest BCUT2D eigenvalue weighted by Gasteiger charge is 2.51. The van der Waals surface area contributed by atoms with Crippen LogP contribution in [0.4, 0.5) is 0 Å². The minimum atomic E-state index is -0.319. The zero-order chi connectivity index (χ0) is 9.69. The molecular weight excluding hydrogens is 190 g/mol. The molecule has 3 aliphatic rings. The van der Waals surface area contributed by atoms with E-state index in [9.17, 15) is 10.0 Å². The van der Waals surface area contributed by atoms with Gasteiger partial charge in [0.25, 0.3) is 0 Å². The van der Waals surface area contributed by atoms with Gasteiger partial charge in [0.1, 0.15) is 0 Å². The quantitative estimate of drug-likeness (QED) is 0.368. The Morgan fingerprint density at radius 3 is 2.46 bits per heavy atom. The minimum absolute atomic E-state index is 0.00322. The Bertz CT molecular complexity index is 246. The molecule has 3 fully saturated rings. The van der Waals surface area contributed by atoms with Crippen LogP contribution in [0.2, 0.25) is 0 Å².